The first-order chi connectivity index (χ1) is 16.8. The van der Waals surface area contributed by atoms with Crippen LogP contribution in [-0.2, 0) is 40.3 Å². The second kappa shape index (κ2) is 10.5. The SMILES string of the molecule is CCc1cn(CC(=O)N2CCCC2C(=O)NCc2cccc(Cl)c2F)c2cc(CC(=O)O)ccc12. The van der Waals surface area contributed by atoms with E-state index < -0.39 is 17.8 Å². The van der Waals surface area contributed by atoms with E-state index in [4.69, 9.17) is 16.7 Å². The lowest BCUT2D eigenvalue weighted by atomic mass is 10.1. The molecule has 1 aliphatic rings. The molecule has 1 aliphatic heterocycles. The van der Waals surface area contributed by atoms with E-state index in [2.05, 4.69) is 5.32 Å². The van der Waals surface area contributed by atoms with Crippen LogP contribution in [0.1, 0.15) is 36.5 Å². The van der Waals surface area contributed by atoms with Crippen molar-refractivity contribution in [2.45, 2.75) is 51.7 Å². The molecular formula is C26H27ClFN3O4. The number of hydrogen-bond acceptors (Lipinski definition) is 3. The predicted molar refractivity (Wildman–Crippen MR) is 131 cm³/mol. The number of fused-ring (bicyclic) bond motifs is 1. The minimum Gasteiger partial charge on any atom is -0.481 e. The van der Waals surface area contributed by atoms with Gasteiger partial charge in [0.2, 0.25) is 11.8 Å². The first kappa shape index (κ1) is 24.7. The van der Waals surface area contributed by atoms with Gasteiger partial charge in [-0.2, -0.15) is 0 Å². The van der Waals surface area contributed by atoms with Crippen LogP contribution >= 0.6 is 11.6 Å². The molecule has 1 fully saturated rings. The molecule has 4 rings (SSSR count). The van der Waals surface area contributed by atoms with E-state index in [1.165, 1.54) is 6.07 Å². The number of aromatic nitrogens is 1. The molecule has 2 amide bonds. The first-order valence-corrected chi connectivity index (χ1v) is 12.0. The average Bonchev–Trinajstić information content (AvgIpc) is 3.45. The molecule has 3 aromatic rings. The van der Waals surface area contributed by atoms with Gasteiger partial charge in [0.05, 0.1) is 11.4 Å². The molecule has 184 valence electrons. The fraction of sp³-hybridized carbons (Fsp3) is 0.346. The normalized spacial score (nSPS) is 15.5. The number of carbonyl (C=O) groups is 3. The molecule has 1 aromatic heterocycles. The molecule has 7 nitrogen and oxygen atoms in total. The minimum absolute atomic E-state index is 0.00803. The van der Waals surface area contributed by atoms with Crippen LogP contribution in [0.4, 0.5) is 4.39 Å². The van der Waals surface area contributed by atoms with Crippen molar-refractivity contribution in [1.82, 2.24) is 14.8 Å². The molecule has 0 radical (unpaired) electrons. The van der Waals surface area contributed by atoms with Crippen LogP contribution in [0.5, 0.6) is 0 Å². The minimum atomic E-state index is -0.919. The van der Waals surface area contributed by atoms with E-state index in [0.29, 0.717) is 24.9 Å². The Hall–Kier alpha value is -3.39. The topological polar surface area (TPSA) is 91.6 Å². The van der Waals surface area contributed by atoms with Crippen LogP contribution in [0.15, 0.2) is 42.6 Å². The van der Waals surface area contributed by atoms with E-state index in [0.717, 1.165) is 22.9 Å². The molecule has 1 saturated heterocycles. The number of likely N-dealkylation sites (tertiary alicyclic amines) is 1. The van der Waals surface area contributed by atoms with Crippen molar-refractivity contribution < 1.29 is 23.9 Å². The van der Waals surface area contributed by atoms with Gasteiger partial charge in [0.15, 0.2) is 0 Å². The highest BCUT2D eigenvalue weighted by atomic mass is 35.5. The molecule has 0 bridgehead atoms. The number of nitrogens with one attached hydrogen (secondary N) is 1. The highest BCUT2D eigenvalue weighted by Gasteiger charge is 2.34. The summed E-state index contributed by atoms with van der Waals surface area (Å²) < 4.78 is 16.0. The fourth-order valence-electron chi connectivity index (χ4n) is 4.67. The lowest BCUT2D eigenvalue weighted by molar-refractivity contribution is -0.138. The van der Waals surface area contributed by atoms with Crippen molar-refractivity contribution in [3.8, 4) is 0 Å². The van der Waals surface area contributed by atoms with Gasteiger partial charge in [-0.15, -0.1) is 0 Å². The van der Waals surface area contributed by atoms with E-state index >= 15 is 0 Å². The number of halogens is 2. The van der Waals surface area contributed by atoms with Crippen molar-refractivity contribution in [2.24, 2.45) is 0 Å². The van der Waals surface area contributed by atoms with Crippen molar-refractivity contribution in [1.29, 1.82) is 0 Å². The van der Waals surface area contributed by atoms with E-state index in [9.17, 15) is 18.8 Å². The van der Waals surface area contributed by atoms with Crippen molar-refractivity contribution in [2.75, 3.05) is 6.54 Å². The number of amides is 2. The van der Waals surface area contributed by atoms with Crippen molar-refractivity contribution in [3.63, 3.8) is 0 Å². The molecule has 2 N–H and O–H groups in total. The van der Waals surface area contributed by atoms with Gasteiger partial charge < -0.3 is 19.9 Å². The maximum absolute atomic E-state index is 14.2. The molecule has 2 aromatic carbocycles. The van der Waals surface area contributed by atoms with Gasteiger partial charge in [0.25, 0.3) is 0 Å². The molecular weight excluding hydrogens is 473 g/mol. The summed E-state index contributed by atoms with van der Waals surface area (Å²) in [4.78, 5) is 38.9. The summed E-state index contributed by atoms with van der Waals surface area (Å²) in [5.74, 6) is -2.01. The quantitative estimate of drug-likeness (QED) is 0.491. The third-order valence-corrected chi connectivity index (χ3v) is 6.72. The highest BCUT2D eigenvalue weighted by Crippen LogP contribution is 2.25. The summed E-state index contributed by atoms with van der Waals surface area (Å²) >= 11 is 5.81. The zero-order valence-electron chi connectivity index (χ0n) is 19.4. The van der Waals surface area contributed by atoms with Crippen LogP contribution < -0.4 is 5.32 Å². The van der Waals surface area contributed by atoms with Gasteiger partial charge in [0, 0.05) is 35.8 Å². The van der Waals surface area contributed by atoms with Crippen molar-refractivity contribution in [3.05, 3.63) is 70.1 Å². The summed E-state index contributed by atoms with van der Waals surface area (Å²) in [6.45, 7) is 2.51. The zero-order chi connectivity index (χ0) is 25.1. The third-order valence-electron chi connectivity index (χ3n) is 6.43. The Labute approximate surface area is 207 Å². The Kier molecular flexibility index (Phi) is 7.40. The molecule has 0 spiro atoms. The lowest BCUT2D eigenvalue weighted by Crippen LogP contribution is -2.46. The molecule has 35 heavy (non-hydrogen) atoms. The van der Waals surface area contributed by atoms with E-state index in [-0.39, 0.29) is 41.9 Å². The number of rotatable bonds is 8. The van der Waals surface area contributed by atoms with Crippen LogP contribution in [0.2, 0.25) is 5.02 Å². The Bertz CT molecular complexity index is 1290. The van der Waals surface area contributed by atoms with E-state index in [1.54, 1.807) is 23.1 Å². The Morgan fingerprint density at radius 3 is 2.74 bits per heavy atom. The smallest absolute Gasteiger partial charge is 0.307 e. The maximum Gasteiger partial charge on any atom is 0.307 e. The van der Waals surface area contributed by atoms with Gasteiger partial charge in [0.1, 0.15) is 18.4 Å². The van der Waals surface area contributed by atoms with Gasteiger partial charge in [-0.1, -0.05) is 42.8 Å². The standard InChI is InChI=1S/C26H27ClFN3O4/c1-2-17-14-30(22-11-16(12-24(33)34)8-9-19(17)22)15-23(32)31-10-4-7-21(31)26(35)29-13-18-5-3-6-20(27)25(18)28/h3,5-6,8-9,11,14,21H,2,4,7,10,12-13,15H2,1H3,(H,29,35)(H,33,34). The molecule has 0 aliphatic carbocycles. The monoisotopic (exact) mass is 499 g/mol. The molecule has 1 atom stereocenters. The number of aryl methyl sites for hydroxylation is 1. The highest BCUT2D eigenvalue weighted by molar-refractivity contribution is 6.30. The van der Waals surface area contributed by atoms with Crippen LogP contribution in [0.25, 0.3) is 10.9 Å². The fourth-order valence-corrected chi connectivity index (χ4v) is 4.86. The number of carboxylic acid groups (broad SMARTS) is 1. The molecule has 1 unspecified atom stereocenters. The Morgan fingerprint density at radius 2 is 2.00 bits per heavy atom. The van der Waals surface area contributed by atoms with Crippen LogP contribution in [0, 0.1) is 5.82 Å². The maximum atomic E-state index is 14.2. The number of carbonyl (C=O) groups excluding carboxylic acids is 2. The van der Waals surface area contributed by atoms with Crippen molar-refractivity contribution >= 4 is 40.3 Å². The molecule has 9 heteroatoms. The zero-order valence-corrected chi connectivity index (χ0v) is 20.1. The van der Waals surface area contributed by atoms with E-state index in [1.807, 2.05) is 29.8 Å². The van der Waals surface area contributed by atoms with Gasteiger partial charge in [-0.05, 0) is 42.5 Å². The summed E-state index contributed by atoms with van der Waals surface area (Å²) in [6, 6.07) is 9.49. The second-order valence-electron chi connectivity index (χ2n) is 8.73. The second-order valence-corrected chi connectivity index (χ2v) is 9.14. The number of nitrogens with zero attached hydrogens (tertiary/aromatic N) is 2. The summed E-state index contributed by atoms with van der Waals surface area (Å²) in [5, 5.41) is 12.8. The Balaban J connectivity index is 1.49. The average molecular weight is 500 g/mol. The van der Waals surface area contributed by atoms with Crippen LogP contribution in [0.3, 0.4) is 0 Å². The number of carboxylic acids is 1. The third kappa shape index (κ3) is 5.32. The number of hydrogen-bond donors (Lipinski definition) is 2. The Morgan fingerprint density at radius 1 is 1.20 bits per heavy atom. The number of aliphatic carboxylic acids is 1. The summed E-state index contributed by atoms with van der Waals surface area (Å²) in [7, 11) is 0. The molecule has 2 heterocycles. The van der Waals surface area contributed by atoms with Gasteiger partial charge >= 0.3 is 5.97 Å². The first-order valence-electron chi connectivity index (χ1n) is 11.6. The predicted octanol–water partition coefficient (Wildman–Crippen LogP) is 3.93. The number of benzene rings is 2. The van der Waals surface area contributed by atoms with Crippen LogP contribution in [-0.4, -0.2) is 44.9 Å². The molecule has 0 saturated carbocycles. The van der Waals surface area contributed by atoms with Gasteiger partial charge in [-0.3, -0.25) is 14.4 Å². The van der Waals surface area contributed by atoms with Gasteiger partial charge in [-0.25, -0.2) is 4.39 Å². The summed E-state index contributed by atoms with van der Waals surface area (Å²) in [5.41, 5.74) is 2.80. The largest absolute Gasteiger partial charge is 0.481 e. The summed E-state index contributed by atoms with van der Waals surface area (Å²) in [6.07, 6.45) is 3.82. The lowest BCUT2D eigenvalue weighted by Gasteiger charge is -2.24.